The molecule has 1 fully saturated rings. The summed E-state index contributed by atoms with van der Waals surface area (Å²) >= 11 is 0. The lowest BCUT2D eigenvalue weighted by Crippen LogP contribution is -2.57. The lowest BCUT2D eigenvalue weighted by Gasteiger charge is -2.36. The molecule has 0 aromatic carbocycles. The number of amides is 2. The van der Waals surface area contributed by atoms with E-state index in [2.05, 4.69) is 17.1 Å². The third kappa shape index (κ3) is 4.67. The van der Waals surface area contributed by atoms with Gasteiger partial charge in [0.1, 0.15) is 6.04 Å². The molecule has 1 aliphatic rings. The van der Waals surface area contributed by atoms with Crippen LogP contribution in [0.25, 0.3) is 0 Å². The number of hydrogen-bond donors (Lipinski definition) is 2. The first-order valence-corrected chi connectivity index (χ1v) is 7.26. The maximum atomic E-state index is 12.2. The van der Waals surface area contributed by atoms with Gasteiger partial charge in [0.05, 0.1) is 0 Å². The van der Waals surface area contributed by atoms with Crippen LogP contribution in [0.5, 0.6) is 0 Å². The van der Waals surface area contributed by atoms with Crippen molar-refractivity contribution in [1.82, 2.24) is 15.1 Å². The second kappa shape index (κ2) is 6.92. The average molecular weight is 285 g/mol. The van der Waals surface area contributed by atoms with Crippen molar-refractivity contribution in [2.45, 2.75) is 40.2 Å². The fourth-order valence-electron chi connectivity index (χ4n) is 2.35. The summed E-state index contributed by atoms with van der Waals surface area (Å²) in [6.45, 7) is 11.6. The average Bonchev–Trinajstić information content (AvgIpc) is 2.35. The third-order valence-electron chi connectivity index (χ3n) is 3.58. The molecule has 1 rings (SSSR count). The summed E-state index contributed by atoms with van der Waals surface area (Å²) in [6, 6.07) is -1.15. The molecule has 2 amide bonds. The van der Waals surface area contributed by atoms with E-state index in [0.29, 0.717) is 13.1 Å². The molecule has 6 heteroatoms. The number of aliphatic carboxylic acids is 1. The topological polar surface area (TPSA) is 72.9 Å². The van der Waals surface area contributed by atoms with Gasteiger partial charge < -0.3 is 15.3 Å². The van der Waals surface area contributed by atoms with Crippen molar-refractivity contribution < 1.29 is 14.7 Å². The van der Waals surface area contributed by atoms with Gasteiger partial charge in [-0.05, 0) is 18.4 Å². The number of nitrogens with one attached hydrogen (secondary N) is 1. The van der Waals surface area contributed by atoms with Crippen LogP contribution in [-0.2, 0) is 4.79 Å². The van der Waals surface area contributed by atoms with Crippen molar-refractivity contribution >= 4 is 12.0 Å². The first kappa shape index (κ1) is 16.8. The minimum absolute atomic E-state index is 0.275. The number of rotatable bonds is 4. The second-order valence-corrected chi connectivity index (χ2v) is 6.42. The van der Waals surface area contributed by atoms with Crippen LogP contribution in [0.3, 0.4) is 0 Å². The highest BCUT2D eigenvalue weighted by molar-refractivity contribution is 5.83. The van der Waals surface area contributed by atoms with E-state index in [1.54, 1.807) is 4.90 Å². The molecular formula is C14H27N3O3. The van der Waals surface area contributed by atoms with Gasteiger partial charge in [-0.3, -0.25) is 4.90 Å². The molecule has 20 heavy (non-hydrogen) atoms. The van der Waals surface area contributed by atoms with Crippen molar-refractivity contribution in [2.75, 3.05) is 32.7 Å². The van der Waals surface area contributed by atoms with Crippen LogP contribution in [0.2, 0.25) is 0 Å². The van der Waals surface area contributed by atoms with E-state index in [-0.39, 0.29) is 6.03 Å². The Hall–Kier alpha value is -1.30. The van der Waals surface area contributed by atoms with Crippen molar-refractivity contribution in [3.05, 3.63) is 0 Å². The molecule has 1 atom stereocenters. The Morgan fingerprint density at radius 1 is 1.20 bits per heavy atom. The van der Waals surface area contributed by atoms with Gasteiger partial charge in [-0.25, -0.2) is 9.59 Å². The largest absolute Gasteiger partial charge is 0.480 e. The van der Waals surface area contributed by atoms with Crippen molar-refractivity contribution in [3.63, 3.8) is 0 Å². The molecule has 0 aromatic rings. The van der Waals surface area contributed by atoms with Gasteiger partial charge in [0.15, 0.2) is 0 Å². The molecule has 0 aliphatic carbocycles. The van der Waals surface area contributed by atoms with Crippen molar-refractivity contribution in [1.29, 1.82) is 0 Å². The van der Waals surface area contributed by atoms with Gasteiger partial charge in [0.2, 0.25) is 0 Å². The summed E-state index contributed by atoms with van der Waals surface area (Å²) in [4.78, 5) is 27.4. The fourth-order valence-corrected chi connectivity index (χ4v) is 2.35. The highest BCUT2D eigenvalue weighted by atomic mass is 16.4. The zero-order chi connectivity index (χ0) is 15.3. The lowest BCUT2D eigenvalue weighted by atomic mass is 9.87. The number of piperazine rings is 1. The highest BCUT2D eigenvalue weighted by Crippen LogP contribution is 2.19. The van der Waals surface area contributed by atoms with Crippen LogP contribution in [-0.4, -0.2) is 65.7 Å². The van der Waals surface area contributed by atoms with Crippen LogP contribution in [0, 0.1) is 5.41 Å². The Bertz CT molecular complexity index is 344. The molecule has 0 radical (unpaired) electrons. The Balaban J connectivity index is 2.53. The third-order valence-corrected chi connectivity index (χ3v) is 3.58. The molecule has 116 valence electrons. The summed E-state index contributed by atoms with van der Waals surface area (Å²) in [7, 11) is 0. The molecule has 6 nitrogen and oxygen atoms in total. The Labute approximate surface area is 121 Å². The molecular weight excluding hydrogens is 258 g/mol. The summed E-state index contributed by atoms with van der Waals surface area (Å²) in [5.74, 6) is -0.990. The SMILES string of the molecule is CCCN1CCN(C(=O)NC(C(=O)O)C(C)(C)C)CC1. The first-order valence-electron chi connectivity index (χ1n) is 7.26. The molecule has 0 spiro atoms. The van der Waals surface area contributed by atoms with Crippen LogP contribution < -0.4 is 5.32 Å². The molecule has 0 bridgehead atoms. The van der Waals surface area contributed by atoms with Gasteiger partial charge in [-0.2, -0.15) is 0 Å². The maximum absolute atomic E-state index is 12.2. The minimum atomic E-state index is -0.990. The molecule has 0 saturated carbocycles. The highest BCUT2D eigenvalue weighted by Gasteiger charge is 2.34. The summed E-state index contributed by atoms with van der Waals surface area (Å²) in [6.07, 6.45) is 1.11. The first-order chi connectivity index (χ1) is 9.25. The maximum Gasteiger partial charge on any atom is 0.326 e. The quantitative estimate of drug-likeness (QED) is 0.814. The predicted molar refractivity (Wildman–Crippen MR) is 77.7 cm³/mol. The molecule has 1 saturated heterocycles. The standard InChI is InChI=1S/C14H27N3O3/c1-5-6-16-7-9-17(10-8-16)13(20)15-11(12(18)19)14(2,3)4/h11H,5-10H2,1-4H3,(H,15,20)(H,18,19). The zero-order valence-electron chi connectivity index (χ0n) is 13.0. The van der Waals surface area contributed by atoms with E-state index >= 15 is 0 Å². The van der Waals surface area contributed by atoms with E-state index < -0.39 is 17.4 Å². The minimum Gasteiger partial charge on any atom is -0.480 e. The number of nitrogens with zero attached hydrogens (tertiary/aromatic N) is 2. The van der Waals surface area contributed by atoms with E-state index in [1.165, 1.54) is 0 Å². The lowest BCUT2D eigenvalue weighted by molar-refractivity contribution is -0.142. The molecule has 1 heterocycles. The van der Waals surface area contributed by atoms with Gasteiger partial charge in [-0.15, -0.1) is 0 Å². The van der Waals surface area contributed by atoms with E-state index in [1.807, 2.05) is 20.8 Å². The predicted octanol–water partition coefficient (Wildman–Crippen LogP) is 1.22. The summed E-state index contributed by atoms with van der Waals surface area (Å²) in [5, 5.41) is 11.9. The number of carboxylic acids is 1. The number of hydrogen-bond acceptors (Lipinski definition) is 3. The number of carbonyl (C=O) groups excluding carboxylic acids is 1. The fraction of sp³-hybridized carbons (Fsp3) is 0.857. The Morgan fingerprint density at radius 2 is 1.75 bits per heavy atom. The van der Waals surface area contributed by atoms with Crippen LogP contribution >= 0.6 is 0 Å². The van der Waals surface area contributed by atoms with Crippen molar-refractivity contribution in [2.24, 2.45) is 5.41 Å². The molecule has 1 unspecified atom stereocenters. The van der Waals surface area contributed by atoms with Gasteiger partial charge >= 0.3 is 12.0 Å². The number of urea groups is 1. The van der Waals surface area contributed by atoms with Crippen LogP contribution in [0.4, 0.5) is 4.79 Å². The number of carboxylic acid groups (broad SMARTS) is 1. The van der Waals surface area contributed by atoms with E-state index in [4.69, 9.17) is 0 Å². The van der Waals surface area contributed by atoms with Crippen LogP contribution in [0.1, 0.15) is 34.1 Å². The normalized spacial score (nSPS) is 18.7. The van der Waals surface area contributed by atoms with Gasteiger partial charge in [0, 0.05) is 26.2 Å². The van der Waals surface area contributed by atoms with Gasteiger partial charge in [0.25, 0.3) is 0 Å². The molecule has 2 N–H and O–H groups in total. The smallest absolute Gasteiger partial charge is 0.326 e. The Kier molecular flexibility index (Phi) is 5.80. The summed E-state index contributed by atoms with van der Waals surface area (Å²) in [5.41, 5.74) is -0.508. The van der Waals surface area contributed by atoms with E-state index in [0.717, 1.165) is 26.1 Å². The second-order valence-electron chi connectivity index (χ2n) is 6.42. The zero-order valence-corrected chi connectivity index (χ0v) is 13.0. The molecule has 0 aromatic heterocycles. The number of carbonyl (C=O) groups is 2. The Morgan fingerprint density at radius 3 is 2.15 bits per heavy atom. The molecule has 1 aliphatic heterocycles. The van der Waals surface area contributed by atoms with E-state index in [9.17, 15) is 14.7 Å². The van der Waals surface area contributed by atoms with Crippen molar-refractivity contribution in [3.8, 4) is 0 Å². The van der Waals surface area contributed by atoms with Crippen LogP contribution in [0.15, 0.2) is 0 Å². The van der Waals surface area contributed by atoms with Gasteiger partial charge in [-0.1, -0.05) is 27.7 Å². The summed E-state index contributed by atoms with van der Waals surface area (Å²) < 4.78 is 0. The monoisotopic (exact) mass is 285 g/mol.